The third-order valence-corrected chi connectivity index (χ3v) is 0.667. The predicted octanol–water partition coefficient (Wildman–Crippen LogP) is 5.43. The van der Waals surface area contributed by atoms with Gasteiger partial charge < -0.3 is 0 Å². The summed E-state index contributed by atoms with van der Waals surface area (Å²) in [5.74, 6) is 0. The van der Waals surface area contributed by atoms with Crippen molar-refractivity contribution in [2.75, 3.05) is 0 Å². The van der Waals surface area contributed by atoms with E-state index in [1.165, 1.54) is 0 Å². The lowest BCUT2D eigenvalue weighted by atomic mass is 10.6. The summed E-state index contributed by atoms with van der Waals surface area (Å²) >= 11 is 0. The van der Waals surface area contributed by atoms with Crippen LogP contribution in [0.4, 0.5) is 0 Å². The first-order chi connectivity index (χ1) is 7.66. The van der Waals surface area contributed by atoms with Gasteiger partial charge in [0.2, 0.25) is 0 Å². The van der Waals surface area contributed by atoms with Crippen LogP contribution >= 0.6 is 0 Å². The Bertz CT molecular complexity index is 132. The Labute approximate surface area is 102 Å². The van der Waals surface area contributed by atoms with Gasteiger partial charge in [0.15, 0.2) is 0 Å². The van der Waals surface area contributed by atoms with Crippen molar-refractivity contribution in [2.45, 2.75) is 0 Å². The largest absolute Gasteiger partial charge is 0.0991 e. The molecule has 0 unspecified atom stereocenters. The van der Waals surface area contributed by atoms with E-state index in [1.54, 1.807) is 48.6 Å². The van der Waals surface area contributed by atoms with Gasteiger partial charge in [0.25, 0.3) is 0 Å². The average molecular weight is 216 g/mol. The molecule has 0 bridgehead atoms. The predicted molar refractivity (Wildman–Crippen MR) is 81.6 cm³/mol. The maximum Gasteiger partial charge on any atom is -0.0701 e. The van der Waals surface area contributed by atoms with Crippen molar-refractivity contribution >= 4 is 0 Å². The summed E-state index contributed by atoms with van der Waals surface area (Å²) in [5, 5.41) is 0. The normalized spacial score (nSPS) is 5.00. The summed E-state index contributed by atoms with van der Waals surface area (Å²) in [6.07, 6.45) is 13.1. The van der Waals surface area contributed by atoms with Gasteiger partial charge in [-0.15, -0.1) is 0 Å². The van der Waals surface area contributed by atoms with Crippen LogP contribution in [0.1, 0.15) is 0 Å². The monoisotopic (exact) mass is 216 g/mol. The quantitative estimate of drug-likeness (QED) is 0.549. The maximum absolute atomic E-state index is 3.36. The van der Waals surface area contributed by atoms with E-state index >= 15 is 0 Å². The Kier molecular flexibility index (Phi) is 77.3. The molecule has 0 radical (unpaired) electrons. The summed E-state index contributed by atoms with van der Waals surface area (Å²) in [6.45, 7) is 26.9. The van der Waals surface area contributed by atoms with E-state index < -0.39 is 0 Å². The molecule has 0 nitrogen and oxygen atoms in total. The number of allylic oxidation sites excluding steroid dienone is 8. The van der Waals surface area contributed by atoms with Crippen LogP contribution in [0.15, 0.2) is 101 Å². The first-order valence-corrected chi connectivity index (χ1v) is 4.60. The van der Waals surface area contributed by atoms with Crippen molar-refractivity contribution in [3.63, 3.8) is 0 Å². The van der Waals surface area contributed by atoms with E-state index in [-0.39, 0.29) is 0 Å². The molecule has 0 aliphatic heterocycles. The van der Waals surface area contributed by atoms with Crippen molar-refractivity contribution in [2.24, 2.45) is 0 Å². The van der Waals surface area contributed by atoms with Gasteiger partial charge in [0, 0.05) is 0 Å². The first kappa shape index (κ1) is 23.6. The van der Waals surface area contributed by atoms with Gasteiger partial charge in [-0.2, -0.15) is 0 Å². The third kappa shape index (κ3) is 386. The molecule has 0 spiro atoms. The Morgan fingerprint density at radius 3 is 0.312 bits per heavy atom. The highest BCUT2D eigenvalue weighted by atomic mass is 13.4. The fourth-order valence-corrected chi connectivity index (χ4v) is 0. The van der Waals surface area contributed by atoms with Crippen molar-refractivity contribution in [1.29, 1.82) is 0 Å². The minimum atomic E-state index is 1.64. The molecule has 0 amide bonds. The van der Waals surface area contributed by atoms with Crippen LogP contribution in [0, 0.1) is 0 Å². The molecule has 0 N–H and O–H groups in total. The molecule has 0 fully saturated rings. The Balaban J connectivity index is -0.0000000600. The molecular formula is C16H24. The Morgan fingerprint density at radius 1 is 0.250 bits per heavy atom. The fourth-order valence-electron chi connectivity index (χ4n) is 0. The minimum absolute atomic E-state index is 1.64. The molecule has 0 rings (SSSR count). The third-order valence-electron chi connectivity index (χ3n) is 0.667. The molecule has 0 aromatic heterocycles. The van der Waals surface area contributed by atoms with Crippen molar-refractivity contribution in [3.05, 3.63) is 101 Å². The number of hydrogen-bond acceptors (Lipinski definition) is 0. The second-order valence-corrected chi connectivity index (χ2v) is 1.89. The highest BCUT2D eigenvalue weighted by molar-refractivity contribution is 4.89. The van der Waals surface area contributed by atoms with Gasteiger partial charge in [0.1, 0.15) is 0 Å². The lowest BCUT2D eigenvalue weighted by Gasteiger charge is -1.44. The van der Waals surface area contributed by atoms with Gasteiger partial charge in [-0.1, -0.05) is 101 Å². The highest BCUT2D eigenvalue weighted by Crippen LogP contribution is 1.53. The highest BCUT2D eigenvalue weighted by Gasteiger charge is 1.30. The number of rotatable bonds is 4. The molecule has 0 aliphatic rings. The molecular weight excluding hydrogens is 192 g/mol. The topological polar surface area (TPSA) is 0 Å². The van der Waals surface area contributed by atoms with Gasteiger partial charge in [0.05, 0.1) is 0 Å². The molecule has 88 valence electrons. The Hall–Kier alpha value is -2.08. The second-order valence-electron chi connectivity index (χ2n) is 1.89. The van der Waals surface area contributed by atoms with Crippen LogP contribution < -0.4 is 0 Å². The average Bonchev–Trinajstić information content (AvgIpc) is 2.39. The van der Waals surface area contributed by atoms with E-state index in [0.29, 0.717) is 0 Å². The van der Waals surface area contributed by atoms with Crippen LogP contribution in [-0.2, 0) is 0 Å². The van der Waals surface area contributed by atoms with Crippen LogP contribution in [0.3, 0.4) is 0 Å². The molecule has 0 saturated heterocycles. The van der Waals surface area contributed by atoms with Crippen LogP contribution in [-0.4, -0.2) is 0 Å². The molecule has 0 atom stereocenters. The maximum atomic E-state index is 3.36. The van der Waals surface area contributed by atoms with Gasteiger partial charge in [-0.25, -0.2) is 0 Å². The van der Waals surface area contributed by atoms with Crippen molar-refractivity contribution in [3.8, 4) is 0 Å². The smallest absolute Gasteiger partial charge is 0.0701 e. The van der Waals surface area contributed by atoms with Gasteiger partial charge in [-0.05, 0) is 0 Å². The molecule has 16 heavy (non-hydrogen) atoms. The summed E-state index contributed by atoms with van der Waals surface area (Å²) in [5.41, 5.74) is 0. The molecule has 0 heteroatoms. The summed E-state index contributed by atoms with van der Waals surface area (Å²) in [7, 11) is 0. The van der Waals surface area contributed by atoms with Crippen molar-refractivity contribution < 1.29 is 0 Å². The molecule has 0 aliphatic carbocycles. The van der Waals surface area contributed by atoms with Crippen molar-refractivity contribution in [1.82, 2.24) is 0 Å². The fraction of sp³-hybridized carbons (Fsp3) is 0. The van der Waals surface area contributed by atoms with Gasteiger partial charge >= 0.3 is 0 Å². The summed E-state index contributed by atoms with van der Waals surface area (Å²) in [4.78, 5) is 0. The number of hydrogen-bond donors (Lipinski definition) is 0. The SMILES string of the molecule is C=CC=C.C=CC=C.C=CC=C.C=CC=C. The van der Waals surface area contributed by atoms with Gasteiger partial charge in [-0.3, -0.25) is 0 Å². The zero-order valence-corrected chi connectivity index (χ0v) is 10.3. The van der Waals surface area contributed by atoms with E-state index in [2.05, 4.69) is 52.6 Å². The van der Waals surface area contributed by atoms with E-state index in [0.717, 1.165) is 0 Å². The molecule has 0 aromatic rings. The summed E-state index contributed by atoms with van der Waals surface area (Å²) < 4.78 is 0. The summed E-state index contributed by atoms with van der Waals surface area (Å²) in [6, 6.07) is 0. The molecule has 0 saturated carbocycles. The Morgan fingerprint density at radius 2 is 0.312 bits per heavy atom. The standard InChI is InChI=1S/4C4H6/c4*1-3-4-2/h4*3-4H,1-2H2. The van der Waals surface area contributed by atoms with Crippen LogP contribution in [0.5, 0.6) is 0 Å². The van der Waals surface area contributed by atoms with E-state index in [1.807, 2.05) is 0 Å². The van der Waals surface area contributed by atoms with E-state index in [9.17, 15) is 0 Å². The second kappa shape index (κ2) is 52.4. The molecule has 0 aromatic carbocycles. The van der Waals surface area contributed by atoms with Crippen LogP contribution in [0.25, 0.3) is 0 Å². The van der Waals surface area contributed by atoms with Crippen LogP contribution in [0.2, 0.25) is 0 Å². The lowest BCUT2D eigenvalue weighted by Crippen LogP contribution is -1.21. The first-order valence-electron chi connectivity index (χ1n) is 4.60. The zero-order valence-electron chi connectivity index (χ0n) is 10.3. The molecule has 0 heterocycles. The minimum Gasteiger partial charge on any atom is -0.0991 e. The zero-order chi connectivity index (χ0) is 13.7. The lowest BCUT2D eigenvalue weighted by molar-refractivity contribution is 2.15. The van der Waals surface area contributed by atoms with E-state index in [4.69, 9.17) is 0 Å².